The van der Waals surface area contributed by atoms with Gasteiger partial charge in [0.1, 0.15) is 5.75 Å². The molecule has 0 saturated carbocycles. The molecule has 2 amide bonds. The standard InChI is InChI=1S/C15H23N3O3/c1-4-21-13-6-11(5-12(16)7-13)15(20)18-9-14(19)17-8-10(2)3/h5-7,10H,4,8-9,16H2,1-3H3,(H,17,19)(H,18,20). The molecule has 1 rings (SSSR count). The highest BCUT2D eigenvalue weighted by Gasteiger charge is 2.10. The van der Waals surface area contributed by atoms with Gasteiger partial charge in [-0.3, -0.25) is 9.59 Å². The Morgan fingerprint density at radius 1 is 1.24 bits per heavy atom. The van der Waals surface area contributed by atoms with Crippen molar-refractivity contribution in [2.24, 2.45) is 5.92 Å². The van der Waals surface area contributed by atoms with Crippen LogP contribution in [0.1, 0.15) is 31.1 Å². The lowest BCUT2D eigenvalue weighted by Crippen LogP contribution is -2.38. The molecule has 0 radical (unpaired) electrons. The van der Waals surface area contributed by atoms with Crippen molar-refractivity contribution in [3.05, 3.63) is 23.8 Å². The average molecular weight is 293 g/mol. The van der Waals surface area contributed by atoms with E-state index in [1.807, 2.05) is 20.8 Å². The Morgan fingerprint density at radius 3 is 2.57 bits per heavy atom. The number of anilines is 1. The molecule has 0 heterocycles. The summed E-state index contributed by atoms with van der Waals surface area (Å²) in [6.45, 7) is 6.86. The number of rotatable bonds is 7. The summed E-state index contributed by atoms with van der Waals surface area (Å²) < 4.78 is 5.33. The second-order valence-electron chi connectivity index (χ2n) is 5.10. The lowest BCUT2D eigenvalue weighted by atomic mass is 10.1. The fourth-order valence-electron chi connectivity index (χ4n) is 1.65. The van der Waals surface area contributed by atoms with Gasteiger partial charge in [-0.2, -0.15) is 0 Å². The van der Waals surface area contributed by atoms with Gasteiger partial charge in [0.2, 0.25) is 5.91 Å². The molecule has 0 aromatic heterocycles. The van der Waals surface area contributed by atoms with Crippen LogP contribution in [0.4, 0.5) is 5.69 Å². The van der Waals surface area contributed by atoms with Gasteiger partial charge in [-0.05, 0) is 25.0 Å². The lowest BCUT2D eigenvalue weighted by Gasteiger charge is -2.10. The van der Waals surface area contributed by atoms with Gasteiger partial charge in [0.05, 0.1) is 13.2 Å². The van der Waals surface area contributed by atoms with Crippen LogP contribution in [0.5, 0.6) is 5.75 Å². The van der Waals surface area contributed by atoms with E-state index < -0.39 is 0 Å². The highest BCUT2D eigenvalue weighted by Crippen LogP contribution is 2.18. The molecule has 0 fully saturated rings. The van der Waals surface area contributed by atoms with Gasteiger partial charge in [0.15, 0.2) is 0 Å². The molecule has 0 aliphatic carbocycles. The molecule has 0 spiro atoms. The van der Waals surface area contributed by atoms with E-state index in [0.717, 1.165) is 0 Å². The van der Waals surface area contributed by atoms with Gasteiger partial charge >= 0.3 is 0 Å². The zero-order chi connectivity index (χ0) is 15.8. The van der Waals surface area contributed by atoms with Crippen molar-refractivity contribution in [2.75, 3.05) is 25.4 Å². The van der Waals surface area contributed by atoms with E-state index in [9.17, 15) is 9.59 Å². The number of hydrogen-bond acceptors (Lipinski definition) is 4. The number of benzene rings is 1. The number of amides is 2. The van der Waals surface area contributed by atoms with E-state index >= 15 is 0 Å². The first-order chi connectivity index (χ1) is 9.92. The summed E-state index contributed by atoms with van der Waals surface area (Å²) >= 11 is 0. The zero-order valence-electron chi connectivity index (χ0n) is 12.7. The third-order valence-corrected chi connectivity index (χ3v) is 2.62. The maximum Gasteiger partial charge on any atom is 0.251 e. The van der Waals surface area contributed by atoms with Gasteiger partial charge in [0.25, 0.3) is 5.91 Å². The van der Waals surface area contributed by atoms with Crippen molar-refractivity contribution in [1.29, 1.82) is 0 Å². The Labute approximate surface area is 125 Å². The minimum Gasteiger partial charge on any atom is -0.494 e. The number of hydrogen-bond donors (Lipinski definition) is 3. The molecule has 6 nitrogen and oxygen atoms in total. The summed E-state index contributed by atoms with van der Waals surface area (Å²) in [6, 6.07) is 4.79. The molecule has 0 saturated heterocycles. The minimum absolute atomic E-state index is 0.0652. The molecular formula is C15H23N3O3. The van der Waals surface area contributed by atoms with Crippen molar-refractivity contribution in [3.63, 3.8) is 0 Å². The monoisotopic (exact) mass is 293 g/mol. The second-order valence-corrected chi connectivity index (χ2v) is 5.10. The summed E-state index contributed by atoms with van der Waals surface area (Å²) in [5, 5.41) is 5.29. The quantitative estimate of drug-likeness (QED) is 0.658. The Bertz CT molecular complexity index is 501. The largest absolute Gasteiger partial charge is 0.494 e. The first-order valence-electron chi connectivity index (χ1n) is 7.00. The second kappa shape index (κ2) is 8.14. The van der Waals surface area contributed by atoms with Crippen LogP contribution in [0.3, 0.4) is 0 Å². The third kappa shape index (κ3) is 6.16. The van der Waals surface area contributed by atoms with E-state index in [0.29, 0.717) is 36.1 Å². The summed E-state index contributed by atoms with van der Waals surface area (Å²) in [7, 11) is 0. The van der Waals surface area contributed by atoms with Crippen LogP contribution in [0.25, 0.3) is 0 Å². The number of nitrogens with one attached hydrogen (secondary N) is 2. The third-order valence-electron chi connectivity index (χ3n) is 2.62. The van der Waals surface area contributed by atoms with Gasteiger partial charge in [-0.25, -0.2) is 0 Å². The van der Waals surface area contributed by atoms with E-state index in [-0.39, 0.29) is 18.4 Å². The Hall–Kier alpha value is -2.24. The molecule has 116 valence electrons. The highest BCUT2D eigenvalue weighted by atomic mass is 16.5. The van der Waals surface area contributed by atoms with Crippen molar-refractivity contribution in [3.8, 4) is 5.75 Å². The van der Waals surface area contributed by atoms with Crippen LogP contribution in [-0.4, -0.2) is 31.5 Å². The van der Waals surface area contributed by atoms with E-state index in [4.69, 9.17) is 10.5 Å². The smallest absolute Gasteiger partial charge is 0.251 e. The summed E-state index contributed by atoms with van der Waals surface area (Å²) in [4.78, 5) is 23.5. The highest BCUT2D eigenvalue weighted by molar-refractivity contribution is 5.97. The number of nitrogen functional groups attached to an aromatic ring is 1. The van der Waals surface area contributed by atoms with Crippen LogP contribution < -0.4 is 21.1 Å². The Balaban J connectivity index is 2.57. The van der Waals surface area contributed by atoms with Crippen LogP contribution in [-0.2, 0) is 4.79 Å². The van der Waals surface area contributed by atoms with Crippen molar-refractivity contribution in [1.82, 2.24) is 10.6 Å². The number of ether oxygens (including phenoxy) is 1. The molecule has 6 heteroatoms. The van der Waals surface area contributed by atoms with Crippen LogP contribution in [0.15, 0.2) is 18.2 Å². The Kier molecular flexibility index (Phi) is 6.52. The SMILES string of the molecule is CCOc1cc(N)cc(C(=O)NCC(=O)NCC(C)C)c1. The van der Waals surface area contributed by atoms with E-state index in [1.54, 1.807) is 18.2 Å². The molecule has 21 heavy (non-hydrogen) atoms. The fraction of sp³-hybridized carbons (Fsp3) is 0.467. The molecule has 0 aliphatic heterocycles. The molecular weight excluding hydrogens is 270 g/mol. The predicted octanol–water partition coefficient (Wildman–Crippen LogP) is 1.17. The van der Waals surface area contributed by atoms with Gasteiger partial charge in [0, 0.05) is 23.9 Å². The van der Waals surface area contributed by atoms with Gasteiger partial charge < -0.3 is 21.1 Å². The topological polar surface area (TPSA) is 93.4 Å². The normalized spacial score (nSPS) is 10.3. The predicted molar refractivity (Wildman–Crippen MR) is 82.2 cm³/mol. The van der Waals surface area contributed by atoms with Crippen molar-refractivity contribution < 1.29 is 14.3 Å². The van der Waals surface area contributed by atoms with E-state index in [2.05, 4.69) is 10.6 Å². The maximum absolute atomic E-state index is 12.0. The lowest BCUT2D eigenvalue weighted by molar-refractivity contribution is -0.120. The molecule has 1 aromatic carbocycles. The number of nitrogens with two attached hydrogens (primary N) is 1. The van der Waals surface area contributed by atoms with Crippen molar-refractivity contribution >= 4 is 17.5 Å². The number of carbonyl (C=O) groups excluding carboxylic acids is 2. The van der Waals surface area contributed by atoms with Crippen LogP contribution in [0, 0.1) is 5.92 Å². The zero-order valence-corrected chi connectivity index (χ0v) is 12.7. The maximum atomic E-state index is 12.0. The molecule has 0 aliphatic rings. The minimum atomic E-state index is -0.358. The summed E-state index contributed by atoms with van der Waals surface area (Å²) in [6.07, 6.45) is 0. The molecule has 0 bridgehead atoms. The summed E-state index contributed by atoms with van der Waals surface area (Å²) in [5.74, 6) is 0.327. The fourth-order valence-corrected chi connectivity index (χ4v) is 1.65. The average Bonchev–Trinajstić information content (AvgIpc) is 2.42. The van der Waals surface area contributed by atoms with Gasteiger partial charge in [-0.1, -0.05) is 13.8 Å². The summed E-state index contributed by atoms with van der Waals surface area (Å²) in [5.41, 5.74) is 6.54. The molecule has 0 unspecified atom stereocenters. The van der Waals surface area contributed by atoms with E-state index in [1.165, 1.54) is 0 Å². The van der Waals surface area contributed by atoms with Gasteiger partial charge in [-0.15, -0.1) is 0 Å². The number of carbonyl (C=O) groups is 2. The Morgan fingerprint density at radius 2 is 1.95 bits per heavy atom. The van der Waals surface area contributed by atoms with Crippen molar-refractivity contribution in [2.45, 2.75) is 20.8 Å². The van der Waals surface area contributed by atoms with Crippen LogP contribution >= 0.6 is 0 Å². The van der Waals surface area contributed by atoms with Crippen LogP contribution in [0.2, 0.25) is 0 Å². The molecule has 1 aromatic rings. The molecule has 0 atom stereocenters. The first kappa shape index (κ1) is 16.8. The first-order valence-corrected chi connectivity index (χ1v) is 7.00. The molecule has 4 N–H and O–H groups in total.